The van der Waals surface area contributed by atoms with Crippen LogP contribution in [-0.4, -0.2) is 73.6 Å². The molecule has 0 radical (unpaired) electrons. The van der Waals surface area contributed by atoms with E-state index < -0.39 is 0 Å². The van der Waals surface area contributed by atoms with Gasteiger partial charge >= 0.3 is 0 Å². The van der Waals surface area contributed by atoms with Gasteiger partial charge in [-0.2, -0.15) is 0 Å². The normalized spacial score (nSPS) is 15.8. The minimum absolute atomic E-state index is 0.143. The van der Waals surface area contributed by atoms with E-state index in [-0.39, 0.29) is 12.4 Å². The Kier molecular flexibility index (Phi) is 8.39. The SMILES string of the molecule is CN(CCO)Cc1ccc(C(=O)CNCCN2CCCCC2)cc1. The van der Waals surface area contributed by atoms with Gasteiger partial charge in [0, 0.05) is 31.7 Å². The molecule has 0 atom stereocenters. The number of likely N-dealkylation sites (tertiary alicyclic amines) is 1. The Balaban J connectivity index is 1.68. The number of rotatable bonds is 10. The van der Waals surface area contributed by atoms with Crippen molar-refractivity contribution in [3.8, 4) is 0 Å². The van der Waals surface area contributed by atoms with Gasteiger partial charge in [-0.1, -0.05) is 30.7 Å². The number of aliphatic hydroxyl groups is 1. The van der Waals surface area contributed by atoms with Crippen molar-refractivity contribution >= 4 is 5.78 Å². The van der Waals surface area contributed by atoms with Gasteiger partial charge < -0.3 is 15.3 Å². The summed E-state index contributed by atoms with van der Waals surface area (Å²) < 4.78 is 0. The molecule has 0 aliphatic carbocycles. The fraction of sp³-hybridized carbons (Fsp3) is 0.632. The second-order valence-electron chi connectivity index (χ2n) is 6.66. The Morgan fingerprint density at radius 1 is 1.21 bits per heavy atom. The molecule has 24 heavy (non-hydrogen) atoms. The number of nitrogens with one attached hydrogen (secondary N) is 1. The Labute approximate surface area is 145 Å². The lowest BCUT2D eigenvalue weighted by molar-refractivity contribution is 0.0989. The summed E-state index contributed by atoms with van der Waals surface area (Å²) in [7, 11) is 1.97. The van der Waals surface area contributed by atoms with Gasteiger partial charge in [0.05, 0.1) is 13.2 Å². The van der Waals surface area contributed by atoms with Crippen molar-refractivity contribution in [1.82, 2.24) is 15.1 Å². The lowest BCUT2D eigenvalue weighted by atomic mass is 10.1. The van der Waals surface area contributed by atoms with Gasteiger partial charge in [0.15, 0.2) is 5.78 Å². The highest BCUT2D eigenvalue weighted by atomic mass is 16.3. The van der Waals surface area contributed by atoms with Crippen LogP contribution in [-0.2, 0) is 6.54 Å². The van der Waals surface area contributed by atoms with Crippen LogP contribution in [0, 0.1) is 0 Å². The van der Waals surface area contributed by atoms with Crippen LogP contribution in [0.1, 0.15) is 35.2 Å². The van der Waals surface area contributed by atoms with Crippen LogP contribution in [0.2, 0.25) is 0 Å². The third-order valence-corrected chi connectivity index (χ3v) is 4.55. The number of hydrogen-bond donors (Lipinski definition) is 2. The van der Waals surface area contributed by atoms with Crippen LogP contribution in [0.5, 0.6) is 0 Å². The van der Waals surface area contributed by atoms with Crippen LogP contribution in [0.3, 0.4) is 0 Å². The minimum Gasteiger partial charge on any atom is -0.395 e. The first-order chi connectivity index (χ1) is 11.7. The van der Waals surface area contributed by atoms with Gasteiger partial charge in [-0.25, -0.2) is 0 Å². The highest BCUT2D eigenvalue weighted by molar-refractivity contribution is 5.97. The molecule has 0 amide bonds. The Bertz CT molecular complexity index is 484. The summed E-state index contributed by atoms with van der Waals surface area (Å²) in [6.07, 6.45) is 3.96. The van der Waals surface area contributed by atoms with Gasteiger partial charge in [-0.3, -0.25) is 9.69 Å². The van der Waals surface area contributed by atoms with Gasteiger partial charge in [-0.15, -0.1) is 0 Å². The first-order valence-corrected chi connectivity index (χ1v) is 9.03. The summed E-state index contributed by atoms with van der Waals surface area (Å²) in [6.45, 7) is 6.29. The number of carbonyl (C=O) groups excluding carboxylic acids is 1. The van der Waals surface area contributed by atoms with Crippen LogP contribution < -0.4 is 5.32 Å². The fourth-order valence-corrected chi connectivity index (χ4v) is 3.08. The molecule has 1 aromatic rings. The number of benzene rings is 1. The molecule has 2 rings (SSSR count). The number of piperidine rings is 1. The third-order valence-electron chi connectivity index (χ3n) is 4.55. The van der Waals surface area contributed by atoms with Crippen molar-refractivity contribution < 1.29 is 9.90 Å². The van der Waals surface area contributed by atoms with Crippen molar-refractivity contribution in [1.29, 1.82) is 0 Å². The topological polar surface area (TPSA) is 55.8 Å². The molecule has 1 heterocycles. The lowest BCUT2D eigenvalue weighted by Crippen LogP contribution is -2.37. The average Bonchev–Trinajstić information content (AvgIpc) is 2.60. The molecule has 134 valence electrons. The van der Waals surface area contributed by atoms with E-state index in [0.29, 0.717) is 13.1 Å². The van der Waals surface area contributed by atoms with Crippen LogP contribution in [0.15, 0.2) is 24.3 Å². The number of ketones is 1. The molecule has 0 saturated carbocycles. The number of aliphatic hydroxyl groups excluding tert-OH is 1. The second kappa shape index (κ2) is 10.6. The molecule has 0 aromatic heterocycles. The standard InChI is InChI=1S/C19H31N3O2/c1-21(13-14-23)16-17-5-7-18(8-6-17)19(24)15-20-9-12-22-10-3-2-4-11-22/h5-8,20,23H,2-4,9-16H2,1H3. The molecule has 5 heteroatoms. The van der Waals surface area contributed by atoms with Crippen molar-refractivity contribution in [3.05, 3.63) is 35.4 Å². The van der Waals surface area contributed by atoms with E-state index in [4.69, 9.17) is 5.11 Å². The summed E-state index contributed by atoms with van der Waals surface area (Å²) in [5.74, 6) is 0.143. The van der Waals surface area contributed by atoms with E-state index >= 15 is 0 Å². The summed E-state index contributed by atoms with van der Waals surface area (Å²) in [5.41, 5.74) is 1.91. The van der Waals surface area contributed by atoms with Gasteiger partial charge in [0.2, 0.25) is 0 Å². The molecular formula is C19H31N3O2. The maximum Gasteiger partial charge on any atom is 0.176 e. The first-order valence-electron chi connectivity index (χ1n) is 9.03. The molecule has 0 bridgehead atoms. The monoisotopic (exact) mass is 333 g/mol. The summed E-state index contributed by atoms with van der Waals surface area (Å²) in [6, 6.07) is 7.79. The third kappa shape index (κ3) is 6.69. The summed E-state index contributed by atoms with van der Waals surface area (Å²) >= 11 is 0. The predicted molar refractivity (Wildman–Crippen MR) is 97.4 cm³/mol. The quantitative estimate of drug-likeness (QED) is 0.500. The molecule has 1 fully saturated rings. The number of Topliss-reactive ketones (excluding diaryl/α,β-unsaturated/α-hetero) is 1. The maximum absolute atomic E-state index is 12.2. The fourth-order valence-electron chi connectivity index (χ4n) is 3.08. The summed E-state index contributed by atoms with van der Waals surface area (Å²) in [5, 5.41) is 12.2. The number of hydrogen-bond acceptors (Lipinski definition) is 5. The molecule has 1 aliphatic heterocycles. The van der Waals surface area contributed by atoms with E-state index in [2.05, 4.69) is 15.1 Å². The zero-order chi connectivity index (χ0) is 17.2. The smallest absolute Gasteiger partial charge is 0.176 e. The Morgan fingerprint density at radius 2 is 1.92 bits per heavy atom. The molecular weight excluding hydrogens is 302 g/mol. The first kappa shape index (κ1) is 19.1. The van der Waals surface area contributed by atoms with Crippen molar-refractivity contribution in [2.75, 3.05) is 52.9 Å². The van der Waals surface area contributed by atoms with Gasteiger partial charge in [0.1, 0.15) is 0 Å². The van der Waals surface area contributed by atoms with E-state index in [1.54, 1.807) is 0 Å². The van der Waals surface area contributed by atoms with E-state index in [0.717, 1.165) is 30.8 Å². The van der Waals surface area contributed by atoms with Crippen molar-refractivity contribution in [2.24, 2.45) is 0 Å². The molecule has 2 N–H and O–H groups in total. The number of likely N-dealkylation sites (N-methyl/N-ethyl adjacent to an activating group) is 1. The molecule has 1 aliphatic rings. The zero-order valence-corrected chi connectivity index (χ0v) is 14.8. The molecule has 0 spiro atoms. The highest BCUT2D eigenvalue weighted by Crippen LogP contribution is 2.08. The Morgan fingerprint density at radius 3 is 2.58 bits per heavy atom. The number of nitrogens with zero attached hydrogens (tertiary/aromatic N) is 2. The van der Waals surface area contributed by atoms with E-state index in [9.17, 15) is 4.79 Å². The zero-order valence-electron chi connectivity index (χ0n) is 14.8. The van der Waals surface area contributed by atoms with E-state index in [1.165, 1.54) is 32.4 Å². The average molecular weight is 333 g/mol. The van der Waals surface area contributed by atoms with Crippen LogP contribution in [0.4, 0.5) is 0 Å². The van der Waals surface area contributed by atoms with Gasteiger partial charge in [0.25, 0.3) is 0 Å². The lowest BCUT2D eigenvalue weighted by Gasteiger charge is -2.26. The maximum atomic E-state index is 12.2. The van der Waals surface area contributed by atoms with E-state index in [1.807, 2.05) is 31.3 Å². The molecule has 1 saturated heterocycles. The van der Waals surface area contributed by atoms with Crippen LogP contribution in [0.25, 0.3) is 0 Å². The van der Waals surface area contributed by atoms with Gasteiger partial charge in [-0.05, 0) is 38.5 Å². The van der Waals surface area contributed by atoms with Crippen molar-refractivity contribution in [3.63, 3.8) is 0 Å². The predicted octanol–water partition coefficient (Wildman–Crippen LogP) is 1.37. The minimum atomic E-state index is 0.143. The highest BCUT2D eigenvalue weighted by Gasteiger charge is 2.10. The largest absolute Gasteiger partial charge is 0.395 e. The molecule has 5 nitrogen and oxygen atoms in total. The second-order valence-corrected chi connectivity index (χ2v) is 6.66. The number of carbonyl (C=O) groups is 1. The summed E-state index contributed by atoms with van der Waals surface area (Å²) in [4.78, 5) is 16.7. The molecule has 0 unspecified atom stereocenters. The Hall–Kier alpha value is -1.27. The molecule has 1 aromatic carbocycles. The van der Waals surface area contributed by atoms with Crippen LogP contribution >= 0.6 is 0 Å². The van der Waals surface area contributed by atoms with Crippen molar-refractivity contribution in [2.45, 2.75) is 25.8 Å².